The van der Waals surface area contributed by atoms with Crippen molar-refractivity contribution >= 4 is 39.2 Å². The number of ether oxygens (including phenoxy) is 1. The van der Waals surface area contributed by atoms with Crippen molar-refractivity contribution in [2.45, 2.75) is 24.7 Å². The van der Waals surface area contributed by atoms with E-state index in [4.69, 9.17) is 21.4 Å². The van der Waals surface area contributed by atoms with E-state index in [9.17, 15) is 18.0 Å². The van der Waals surface area contributed by atoms with Crippen molar-refractivity contribution in [1.29, 1.82) is 0 Å². The normalized spacial score (nSPS) is 11.0. The molecule has 0 atom stereocenters. The minimum Gasteiger partial charge on any atom is -0.493 e. The molecule has 2 aromatic carbocycles. The van der Waals surface area contributed by atoms with E-state index < -0.39 is 21.9 Å². The van der Waals surface area contributed by atoms with Gasteiger partial charge < -0.3 is 15.2 Å². The van der Waals surface area contributed by atoms with Gasteiger partial charge in [-0.15, -0.1) is 0 Å². The summed E-state index contributed by atoms with van der Waals surface area (Å²) < 4.78 is 33.3. The number of hydrogen-bond acceptors (Lipinski definition) is 5. The van der Waals surface area contributed by atoms with E-state index in [1.54, 1.807) is 6.92 Å². The Morgan fingerprint density at radius 1 is 1.17 bits per heavy atom. The largest absolute Gasteiger partial charge is 0.493 e. The van der Waals surface area contributed by atoms with E-state index in [1.807, 2.05) is 0 Å². The van der Waals surface area contributed by atoms with Gasteiger partial charge in [-0.25, -0.2) is 8.42 Å². The third kappa shape index (κ3) is 6.10. The number of carboxylic acid groups (broad SMARTS) is 1. The average molecular weight is 441 g/mol. The van der Waals surface area contributed by atoms with E-state index >= 15 is 0 Å². The van der Waals surface area contributed by atoms with Crippen LogP contribution in [-0.2, 0) is 14.8 Å². The van der Waals surface area contributed by atoms with Crippen molar-refractivity contribution in [3.05, 3.63) is 52.5 Å². The van der Waals surface area contributed by atoms with Crippen LogP contribution in [0.3, 0.4) is 0 Å². The summed E-state index contributed by atoms with van der Waals surface area (Å²) in [6.45, 7) is 1.90. The number of anilines is 1. The van der Waals surface area contributed by atoms with Gasteiger partial charge in [-0.1, -0.05) is 11.6 Å². The molecular formula is C19H21ClN2O6S. The lowest BCUT2D eigenvalue weighted by molar-refractivity contribution is -0.137. The minimum absolute atomic E-state index is 0.00539. The van der Waals surface area contributed by atoms with Gasteiger partial charge in [-0.05, 0) is 55.3 Å². The van der Waals surface area contributed by atoms with Gasteiger partial charge in [0.2, 0.25) is 0 Å². The smallest absolute Gasteiger partial charge is 0.303 e. The summed E-state index contributed by atoms with van der Waals surface area (Å²) in [5.41, 5.74) is 0.931. The van der Waals surface area contributed by atoms with Crippen LogP contribution in [-0.4, -0.2) is 39.1 Å². The molecule has 3 N–H and O–H groups in total. The minimum atomic E-state index is -3.91. The van der Waals surface area contributed by atoms with Gasteiger partial charge in [0.25, 0.3) is 15.9 Å². The zero-order valence-electron chi connectivity index (χ0n) is 15.9. The fraction of sp³-hybridized carbons (Fsp3) is 0.263. The second-order valence-corrected chi connectivity index (χ2v) is 8.24. The monoisotopic (exact) mass is 440 g/mol. The number of nitrogens with one attached hydrogen (secondary N) is 2. The van der Waals surface area contributed by atoms with Crippen LogP contribution in [0.25, 0.3) is 0 Å². The summed E-state index contributed by atoms with van der Waals surface area (Å²) in [4.78, 5) is 22.4. The maximum Gasteiger partial charge on any atom is 0.303 e. The highest BCUT2D eigenvalue weighted by molar-refractivity contribution is 7.92. The molecule has 0 aliphatic carbocycles. The van der Waals surface area contributed by atoms with Crippen molar-refractivity contribution in [2.75, 3.05) is 18.4 Å². The fourth-order valence-electron chi connectivity index (χ4n) is 2.47. The molecule has 156 valence electrons. The number of aryl methyl sites for hydroxylation is 1. The number of halogens is 1. The lowest BCUT2D eigenvalue weighted by Crippen LogP contribution is -2.19. The van der Waals surface area contributed by atoms with Gasteiger partial charge >= 0.3 is 5.97 Å². The van der Waals surface area contributed by atoms with Crippen LogP contribution in [0.4, 0.5) is 5.69 Å². The number of carbonyl (C=O) groups excluding carboxylic acids is 1. The molecule has 1 amide bonds. The molecule has 8 nitrogen and oxygen atoms in total. The number of amides is 1. The zero-order valence-corrected chi connectivity index (χ0v) is 17.4. The summed E-state index contributed by atoms with van der Waals surface area (Å²) in [5.74, 6) is -0.862. The first-order chi connectivity index (χ1) is 13.6. The Labute approximate surface area is 173 Å². The standard InChI is InChI=1S/C19H21ClN2O6S/c1-12-10-14(6-8-17(12)28-9-3-4-18(23)24)29(26,27)22-13-5-7-16(20)15(11-13)19(25)21-2/h5-8,10-11,22H,3-4,9H2,1-2H3,(H,21,25)(H,23,24). The summed E-state index contributed by atoms with van der Waals surface area (Å²) in [6, 6.07) is 8.60. The van der Waals surface area contributed by atoms with Crippen molar-refractivity contribution < 1.29 is 27.9 Å². The summed E-state index contributed by atoms with van der Waals surface area (Å²) in [5, 5.41) is 11.3. The fourth-order valence-corrected chi connectivity index (χ4v) is 3.81. The van der Waals surface area contributed by atoms with E-state index in [2.05, 4.69) is 10.0 Å². The van der Waals surface area contributed by atoms with Gasteiger partial charge in [0.15, 0.2) is 0 Å². The first-order valence-corrected chi connectivity index (χ1v) is 10.5. The van der Waals surface area contributed by atoms with Gasteiger partial charge in [0.05, 0.1) is 22.1 Å². The lowest BCUT2D eigenvalue weighted by Gasteiger charge is -2.13. The molecule has 29 heavy (non-hydrogen) atoms. The van der Waals surface area contributed by atoms with Crippen LogP contribution >= 0.6 is 11.6 Å². The van der Waals surface area contributed by atoms with Crippen LogP contribution in [0, 0.1) is 6.92 Å². The number of carbonyl (C=O) groups is 2. The molecule has 0 heterocycles. The first kappa shape index (κ1) is 22.5. The molecule has 0 bridgehead atoms. The van der Waals surface area contributed by atoms with E-state index in [0.29, 0.717) is 17.7 Å². The Kier molecular flexibility index (Phi) is 7.46. The number of sulfonamides is 1. The average Bonchev–Trinajstić information content (AvgIpc) is 2.66. The van der Waals surface area contributed by atoms with E-state index in [1.165, 1.54) is 43.4 Å². The predicted molar refractivity (Wildman–Crippen MR) is 109 cm³/mol. The van der Waals surface area contributed by atoms with Crippen molar-refractivity contribution in [3.63, 3.8) is 0 Å². The number of aliphatic carboxylic acids is 1. The van der Waals surface area contributed by atoms with Crippen LogP contribution in [0.2, 0.25) is 5.02 Å². The summed E-state index contributed by atoms with van der Waals surface area (Å²) >= 11 is 5.98. The molecule has 0 aliphatic heterocycles. The predicted octanol–water partition coefficient (Wildman–Crippen LogP) is 3.05. The second kappa shape index (κ2) is 9.62. The Morgan fingerprint density at radius 3 is 2.52 bits per heavy atom. The molecule has 0 saturated carbocycles. The zero-order chi connectivity index (χ0) is 21.6. The van der Waals surface area contributed by atoms with Crippen LogP contribution in [0.15, 0.2) is 41.3 Å². The van der Waals surface area contributed by atoms with Gasteiger partial charge in [0.1, 0.15) is 5.75 Å². The highest BCUT2D eigenvalue weighted by Crippen LogP contribution is 2.26. The van der Waals surface area contributed by atoms with E-state index in [0.717, 1.165) is 0 Å². The molecule has 0 saturated heterocycles. The molecular weight excluding hydrogens is 420 g/mol. The van der Waals surface area contributed by atoms with Gasteiger partial charge in [-0.3, -0.25) is 14.3 Å². The molecule has 0 aliphatic rings. The number of carboxylic acids is 1. The lowest BCUT2D eigenvalue weighted by atomic mass is 10.2. The molecule has 0 radical (unpaired) electrons. The van der Waals surface area contributed by atoms with Crippen LogP contribution in [0.5, 0.6) is 5.75 Å². The summed E-state index contributed by atoms with van der Waals surface area (Å²) in [6.07, 6.45) is 0.342. The third-order valence-electron chi connectivity index (χ3n) is 3.94. The maximum absolute atomic E-state index is 12.7. The number of benzene rings is 2. The number of rotatable bonds is 9. The van der Waals surface area contributed by atoms with Crippen LogP contribution in [0.1, 0.15) is 28.8 Å². The molecule has 0 fully saturated rings. The quantitative estimate of drug-likeness (QED) is 0.515. The Bertz CT molecular complexity index is 1020. The second-order valence-electron chi connectivity index (χ2n) is 6.15. The highest BCUT2D eigenvalue weighted by atomic mass is 35.5. The van der Waals surface area contributed by atoms with Gasteiger partial charge in [-0.2, -0.15) is 0 Å². The molecule has 0 unspecified atom stereocenters. The Hall–Kier alpha value is -2.78. The SMILES string of the molecule is CNC(=O)c1cc(NS(=O)(=O)c2ccc(OCCCC(=O)O)c(C)c2)ccc1Cl. The molecule has 2 aromatic rings. The molecule has 10 heteroatoms. The Morgan fingerprint density at radius 2 is 1.90 bits per heavy atom. The van der Waals surface area contributed by atoms with Crippen LogP contribution < -0.4 is 14.8 Å². The molecule has 0 spiro atoms. The van der Waals surface area contributed by atoms with Crippen molar-refractivity contribution in [1.82, 2.24) is 5.32 Å². The third-order valence-corrected chi connectivity index (χ3v) is 5.65. The van der Waals surface area contributed by atoms with Crippen molar-refractivity contribution in [2.24, 2.45) is 0 Å². The molecule has 0 aromatic heterocycles. The maximum atomic E-state index is 12.7. The Balaban J connectivity index is 2.16. The first-order valence-electron chi connectivity index (χ1n) is 8.63. The van der Waals surface area contributed by atoms with Gasteiger partial charge in [0, 0.05) is 19.2 Å². The number of hydrogen-bond donors (Lipinski definition) is 3. The van der Waals surface area contributed by atoms with Crippen molar-refractivity contribution in [3.8, 4) is 5.75 Å². The summed E-state index contributed by atoms with van der Waals surface area (Å²) in [7, 11) is -2.46. The highest BCUT2D eigenvalue weighted by Gasteiger charge is 2.18. The van der Waals surface area contributed by atoms with E-state index in [-0.39, 0.29) is 34.2 Å². The molecule has 2 rings (SSSR count). The topological polar surface area (TPSA) is 122 Å².